The third-order valence-corrected chi connectivity index (χ3v) is 7.74. The first-order valence-corrected chi connectivity index (χ1v) is 13.0. The summed E-state index contributed by atoms with van der Waals surface area (Å²) in [6, 6.07) is 16.1. The van der Waals surface area contributed by atoms with Crippen molar-refractivity contribution in [3.63, 3.8) is 0 Å². The number of amides is 1. The Morgan fingerprint density at radius 1 is 1.08 bits per heavy atom. The van der Waals surface area contributed by atoms with Crippen molar-refractivity contribution in [1.82, 2.24) is 19.5 Å². The average Bonchev–Trinajstić information content (AvgIpc) is 3.17. The van der Waals surface area contributed by atoms with Crippen LogP contribution in [0.2, 0.25) is 0 Å². The van der Waals surface area contributed by atoms with Gasteiger partial charge in [0.05, 0.1) is 16.9 Å². The van der Waals surface area contributed by atoms with Crippen molar-refractivity contribution in [2.24, 2.45) is 11.8 Å². The van der Waals surface area contributed by atoms with Gasteiger partial charge in [0.25, 0.3) is 5.91 Å². The third-order valence-electron chi connectivity index (χ3n) is 7.18. The second-order valence-electron chi connectivity index (χ2n) is 10.1. The number of hydrogen-bond acceptors (Lipinski definition) is 4. The molecule has 1 aliphatic carbocycles. The van der Waals surface area contributed by atoms with E-state index in [2.05, 4.69) is 34.9 Å². The summed E-state index contributed by atoms with van der Waals surface area (Å²) in [6.45, 7) is 7.53. The van der Waals surface area contributed by atoms with Gasteiger partial charge in [0.15, 0.2) is 0 Å². The Kier molecular flexibility index (Phi) is 5.59. The summed E-state index contributed by atoms with van der Waals surface area (Å²) in [5, 5.41) is 4.43. The van der Waals surface area contributed by atoms with Crippen LogP contribution in [0.5, 0.6) is 5.88 Å². The van der Waals surface area contributed by atoms with Gasteiger partial charge in [0.2, 0.25) is 5.88 Å². The van der Waals surface area contributed by atoms with E-state index in [1.165, 1.54) is 12.1 Å². The highest BCUT2D eigenvalue weighted by Crippen LogP contribution is 2.48. The largest absolute Gasteiger partial charge is 0.474 e. The molecule has 0 N–H and O–H groups in total. The number of aryl methyl sites for hydroxylation is 1. The van der Waals surface area contributed by atoms with Crippen molar-refractivity contribution in [3.05, 3.63) is 81.8 Å². The van der Waals surface area contributed by atoms with Crippen molar-refractivity contribution in [2.75, 3.05) is 13.1 Å². The number of benzene rings is 1. The molecule has 36 heavy (non-hydrogen) atoms. The number of carbonyl (C=O) groups excluding carboxylic acids is 1. The van der Waals surface area contributed by atoms with Crippen molar-refractivity contribution >= 4 is 27.4 Å². The predicted octanol–water partition coefficient (Wildman–Crippen LogP) is 5.88. The standard InChI is InChI=1S/C28H26BrFN4O2/c1-15(2)18-10-24(17-4-6-20(30)7-5-17)31-26(12-18)36-27-22-13-33(14-23(22)27)28(35)19-9-21-8-16(3)32-34(21)25(29)11-19/h4-12,15,22-23,27H,13-14H2,1-3H3/t22-,23+,27?. The third kappa shape index (κ3) is 4.17. The van der Waals surface area contributed by atoms with Crippen molar-refractivity contribution < 1.29 is 13.9 Å². The van der Waals surface area contributed by atoms with Crippen LogP contribution in [0.15, 0.2) is 59.2 Å². The average molecular weight is 549 g/mol. The SMILES string of the molecule is Cc1cc2cc(C(=O)N3C[C@@H]4C(Oc5cc(C(C)C)cc(-c6ccc(F)cc6)n5)[C@@H]4C3)cc(Br)n2n1. The lowest BCUT2D eigenvalue weighted by atomic mass is 10.0. The molecular formula is C28H26BrFN4O2. The summed E-state index contributed by atoms with van der Waals surface area (Å²) < 4.78 is 22.3. The number of halogens is 2. The monoisotopic (exact) mass is 548 g/mol. The number of fused-ring (bicyclic) bond motifs is 2. The molecule has 0 radical (unpaired) electrons. The Labute approximate surface area is 217 Å². The summed E-state index contributed by atoms with van der Waals surface area (Å²) in [4.78, 5) is 19.9. The lowest BCUT2D eigenvalue weighted by Crippen LogP contribution is -2.33. The fourth-order valence-corrected chi connectivity index (χ4v) is 5.66. The summed E-state index contributed by atoms with van der Waals surface area (Å²) in [5.74, 6) is 1.25. The van der Waals surface area contributed by atoms with E-state index in [1.807, 2.05) is 42.2 Å². The summed E-state index contributed by atoms with van der Waals surface area (Å²) in [6.07, 6.45) is 0.0525. The minimum absolute atomic E-state index is 0.0292. The van der Waals surface area contributed by atoms with E-state index >= 15 is 0 Å². The van der Waals surface area contributed by atoms with Crippen LogP contribution >= 0.6 is 15.9 Å². The number of ether oxygens (including phenoxy) is 1. The lowest BCUT2D eigenvalue weighted by Gasteiger charge is -2.21. The summed E-state index contributed by atoms with van der Waals surface area (Å²) in [7, 11) is 0. The summed E-state index contributed by atoms with van der Waals surface area (Å²) in [5.41, 5.74) is 5.20. The highest BCUT2D eigenvalue weighted by Gasteiger charge is 2.59. The fraction of sp³-hybridized carbons (Fsp3) is 0.321. The lowest BCUT2D eigenvalue weighted by molar-refractivity contribution is 0.0751. The molecule has 1 unspecified atom stereocenters. The first kappa shape index (κ1) is 23.2. The zero-order valence-electron chi connectivity index (χ0n) is 20.3. The van der Waals surface area contributed by atoms with E-state index in [0.29, 0.717) is 42.3 Å². The van der Waals surface area contributed by atoms with Gasteiger partial charge in [-0.05, 0) is 82.9 Å². The molecule has 0 bridgehead atoms. The number of carbonyl (C=O) groups is 1. The van der Waals surface area contributed by atoms with Gasteiger partial charge in [-0.25, -0.2) is 13.9 Å². The van der Waals surface area contributed by atoms with Gasteiger partial charge in [-0.3, -0.25) is 4.79 Å². The highest BCUT2D eigenvalue weighted by atomic mass is 79.9. The van der Waals surface area contributed by atoms with Crippen LogP contribution in [-0.4, -0.2) is 44.6 Å². The fourth-order valence-electron chi connectivity index (χ4n) is 5.13. The van der Waals surface area contributed by atoms with Crippen molar-refractivity contribution in [1.29, 1.82) is 0 Å². The Morgan fingerprint density at radius 2 is 1.81 bits per heavy atom. The molecule has 184 valence electrons. The molecule has 6 rings (SSSR count). The molecule has 1 saturated carbocycles. The molecule has 1 aliphatic heterocycles. The van der Waals surface area contributed by atoms with Gasteiger partial charge in [-0.15, -0.1) is 0 Å². The van der Waals surface area contributed by atoms with E-state index in [4.69, 9.17) is 9.72 Å². The molecule has 1 aromatic carbocycles. The number of likely N-dealkylation sites (tertiary alicyclic amines) is 1. The van der Waals surface area contributed by atoms with Crippen LogP contribution in [0.25, 0.3) is 16.8 Å². The maximum absolute atomic E-state index is 13.4. The number of aromatic nitrogens is 3. The molecule has 3 aromatic heterocycles. The smallest absolute Gasteiger partial charge is 0.254 e. The Hall–Kier alpha value is -3.26. The zero-order chi connectivity index (χ0) is 25.1. The molecule has 6 nitrogen and oxygen atoms in total. The van der Waals surface area contributed by atoms with Crippen LogP contribution in [0.1, 0.15) is 41.4 Å². The van der Waals surface area contributed by atoms with E-state index in [0.717, 1.165) is 32.6 Å². The maximum atomic E-state index is 13.4. The van der Waals surface area contributed by atoms with Gasteiger partial charge in [0, 0.05) is 42.1 Å². The van der Waals surface area contributed by atoms with Crippen molar-refractivity contribution in [3.8, 4) is 17.1 Å². The normalized spacial score (nSPS) is 20.7. The Balaban J connectivity index is 1.16. The van der Waals surface area contributed by atoms with Crippen LogP contribution in [0, 0.1) is 24.6 Å². The minimum Gasteiger partial charge on any atom is -0.474 e. The molecule has 1 amide bonds. The first-order chi connectivity index (χ1) is 17.3. The van der Waals surface area contributed by atoms with Gasteiger partial charge in [-0.1, -0.05) is 13.8 Å². The second-order valence-corrected chi connectivity index (χ2v) is 10.9. The van der Waals surface area contributed by atoms with Crippen LogP contribution in [0.4, 0.5) is 4.39 Å². The molecule has 4 heterocycles. The molecule has 2 fully saturated rings. The van der Waals surface area contributed by atoms with E-state index in [9.17, 15) is 9.18 Å². The van der Waals surface area contributed by atoms with Crippen LogP contribution < -0.4 is 4.74 Å². The molecular weight excluding hydrogens is 523 g/mol. The highest BCUT2D eigenvalue weighted by molar-refractivity contribution is 9.10. The van der Waals surface area contributed by atoms with E-state index in [-0.39, 0.29) is 17.8 Å². The topological polar surface area (TPSA) is 59.7 Å². The van der Waals surface area contributed by atoms with Crippen LogP contribution in [-0.2, 0) is 0 Å². The number of nitrogens with zero attached hydrogens (tertiary/aromatic N) is 4. The predicted molar refractivity (Wildman–Crippen MR) is 139 cm³/mol. The molecule has 0 spiro atoms. The number of piperidine rings is 1. The van der Waals surface area contributed by atoms with E-state index < -0.39 is 0 Å². The quantitative estimate of drug-likeness (QED) is 0.292. The molecule has 1 saturated heterocycles. The van der Waals surface area contributed by atoms with Crippen molar-refractivity contribution in [2.45, 2.75) is 32.8 Å². The van der Waals surface area contributed by atoms with Gasteiger partial charge in [0.1, 0.15) is 16.5 Å². The zero-order valence-corrected chi connectivity index (χ0v) is 21.9. The maximum Gasteiger partial charge on any atom is 0.254 e. The Bertz CT molecular complexity index is 1470. The molecule has 4 aromatic rings. The van der Waals surface area contributed by atoms with E-state index in [1.54, 1.807) is 16.6 Å². The number of rotatable bonds is 5. The second kappa shape index (κ2) is 8.69. The van der Waals surface area contributed by atoms with Crippen LogP contribution in [0.3, 0.4) is 0 Å². The number of pyridine rings is 2. The Morgan fingerprint density at radius 3 is 2.50 bits per heavy atom. The summed E-state index contributed by atoms with van der Waals surface area (Å²) >= 11 is 3.53. The van der Waals surface area contributed by atoms with Gasteiger partial charge >= 0.3 is 0 Å². The van der Waals surface area contributed by atoms with Gasteiger partial charge in [-0.2, -0.15) is 5.10 Å². The first-order valence-electron chi connectivity index (χ1n) is 12.2. The number of hydrogen-bond donors (Lipinski definition) is 0. The van der Waals surface area contributed by atoms with Gasteiger partial charge < -0.3 is 9.64 Å². The molecule has 8 heteroatoms. The molecule has 3 atom stereocenters. The minimum atomic E-state index is -0.271. The molecule has 2 aliphatic rings.